The number of aromatic nitrogens is 1. The van der Waals surface area contributed by atoms with Crippen molar-refractivity contribution in [1.82, 2.24) is 10.3 Å². The van der Waals surface area contributed by atoms with Gasteiger partial charge in [-0.15, -0.1) is 0 Å². The van der Waals surface area contributed by atoms with Crippen LogP contribution in [0.4, 0.5) is 11.4 Å². The number of pyridine rings is 1. The van der Waals surface area contributed by atoms with E-state index in [0.717, 1.165) is 31.9 Å². The van der Waals surface area contributed by atoms with Gasteiger partial charge in [0.2, 0.25) is 0 Å². The minimum absolute atomic E-state index is 0.599. The number of rotatable bonds is 7. The van der Waals surface area contributed by atoms with Crippen molar-refractivity contribution in [3.63, 3.8) is 0 Å². The fourth-order valence-corrected chi connectivity index (χ4v) is 3.29. The third-order valence-corrected chi connectivity index (χ3v) is 4.81. The van der Waals surface area contributed by atoms with E-state index < -0.39 is 0 Å². The molecular weight excluding hydrogens is 312 g/mol. The molecule has 0 amide bonds. The minimum atomic E-state index is 0.599. The van der Waals surface area contributed by atoms with Gasteiger partial charge in [-0.1, -0.05) is 6.07 Å². The number of aryl methyl sites for hydroxylation is 1. The maximum atomic E-state index is 5.33. The zero-order valence-electron chi connectivity index (χ0n) is 15.2. The molecule has 2 aromatic rings. The van der Waals surface area contributed by atoms with Crippen LogP contribution in [0.1, 0.15) is 18.4 Å². The van der Waals surface area contributed by atoms with Crippen molar-refractivity contribution < 1.29 is 4.74 Å². The van der Waals surface area contributed by atoms with Crippen LogP contribution in [0.25, 0.3) is 0 Å². The van der Waals surface area contributed by atoms with Gasteiger partial charge in [0, 0.05) is 62.1 Å². The molecule has 2 heterocycles. The van der Waals surface area contributed by atoms with Gasteiger partial charge in [-0.25, -0.2) is 0 Å². The summed E-state index contributed by atoms with van der Waals surface area (Å²) in [5.74, 6) is 0.926. The Balaban J connectivity index is 1.38. The van der Waals surface area contributed by atoms with Crippen LogP contribution < -0.4 is 20.3 Å². The molecule has 25 heavy (non-hydrogen) atoms. The number of benzene rings is 1. The monoisotopic (exact) mass is 340 g/mol. The number of hydrogen-bond acceptors (Lipinski definition) is 5. The summed E-state index contributed by atoms with van der Waals surface area (Å²) >= 11 is 0. The number of ether oxygens (including phenoxy) is 1. The number of hydrogen-bond donors (Lipinski definition) is 2. The molecule has 134 valence electrons. The number of nitrogens with one attached hydrogen (secondary N) is 2. The Morgan fingerprint density at radius 1 is 1.20 bits per heavy atom. The SMILES string of the molecule is COc1cccc(N2CCC(NCCNc3ccncc3C)CC2)c1. The highest BCUT2D eigenvalue weighted by molar-refractivity contribution is 5.51. The summed E-state index contributed by atoms with van der Waals surface area (Å²) < 4.78 is 5.33. The topological polar surface area (TPSA) is 49.4 Å². The molecule has 0 saturated carbocycles. The molecule has 3 rings (SSSR count). The van der Waals surface area contributed by atoms with Gasteiger partial charge in [0.15, 0.2) is 0 Å². The Morgan fingerprint density at radius 2 is 2.04 bits per heavy atom. The average molecular weight is 340 g/mol. The van der Waals surface area contributed by atoms with Gasteiger partial charge < -0.3 is 20.3 Å². The maximum absolute atomic E-state index is 5.33. The molecule has 5 nitrogen and oxygen atoms in total. The van der Waals surface area contributed by atoms with Gasteiger partial charge in [0.1, 0.15) is 5.75 Å². The van der Waals surface area contributed by atoms with E-state index in [1.807, 2.05) is 24.5 Å². The molecule has 2 N–H and O–H groups in total. The van der Waals surface area contributed by atoms with Gasteiger partial charge in [0.05, 0.1) is 7.11 Å². The summed E-state index contributed by atoms with van der Waals surface area (Å²) in [6.45, 7) is 6.16. The number of methoxy groups -OCH3 is 1. The molecular formula is C20H28N4O. The Hall–Kier alpha value is -2.27. The molecule has 1 fully saturated rings. The molecule has 0 radical (unpaired) electrons. The van der Waals surface area contributed by atoms with E-state index in [0.29, 0.717) is 6.04 Å². The Bertz CT molecular complexity index is 668. The molecule has 0 aliphatic carbocycles. The van der Waals surface area contributed by atoms with Crippen LogP contribution in [0.3, 0.4) is 0 Å². The van der Waals surface area contributed by atoms with Gasteiger partial charge in [-0.3, -0.25) is 4.98 Å². The van der Waals surface area contributed by atoms with Crippen LogP contribution in [-0.2, 0) is 0 Å². The lowest BCUT2D eigenvalue weighted by molar-refractivity contribution is 0.411. The lowest BCUT2D eigenvalue weighted by atomic mass is 10.0. The zero-order chi connectivity index (χ0) is 17.5. The summed E-state index contributed by atoms with van der Waals surface area (Å²) in [5, 5.41) is 7.15. The molecule has 0 spiro atoms. The second-order valence-corrected chi connectivity index (χ2v) is 6.53. The first-order chi connectivity index (χ1) is 12.3. The third kappa shape index (κ3) is 4.86. The van der Waals surface area contributed by atoms with Crippen molar-refractivity contribution in [1.29, 1.82) is 0 Å². The lowest BCUT2D eigenvalue weighted by Crippen LogP contribution is -2.43. The zero-order valence-corrected chi connectivity index (χ0v) is 15.2. The smallest absolute Gasteiger partial charge is 0.120 e. The first kappa shape index (κ1) is 17.5. The quantitative estimate of drug-likeness (QED) is 0.759. The third-order valence-electron chi connectivity index (χ3n) is 4.81. The Morgan fingerprint density at radius 3 is 2.80 bits per heavy atom. The number of anilines is 2. The summed E-state index contributed by atoms with van der Waals surface area (Å²) in [7, 11) is 1.72. The Labute approximate surface area is 150 Å². The largest absolute Gasteiger partial charge is 0.497 e. The standard InChI is InChI=1S/C20H28N4O/c1-16-15-21-9-6-20(16)23-11-10-22-17-7-12-24(13-8-17)18-4-3-5-19(14-18)25-2/h3-6,9,14-15,17,22H,7-8,10-13H2,1-2H3,(H,21,23). The molecule has 1 aromatic heterocycles. The molecule has 0 atom stereocenters. The van der Waals surface area contributed by atoms with Crippen molar-refractivity contribution in [3.8, 4) is 5.75 Å². The lowest BCUT2D eigenvalue weighted by Gasteiger charge is -2.34. The molecule has 1 aliphatic heterocycles. The summed E-state index contributed by atoms with van der Waals surface area (Å²) in [6.07, 6.45) is 6.07. The van der Waals surface area contributed by atoms with Crippen LogP contribution in [0.5, 0.6) is 5.75 Å². The van der Waals surface area contributed by atoms with Crippen molar-refractivity contribution in [3.05, 3.63) is 48.3 Å². The van der Waals surface area contributed by atoms with Gasteiger partial charge in [-0.05, 0) is 43.5 Å². The van der Waals surface area contributed by atoms with Gasteiger partial charge in [-0.2, -0.15) is 0 Å². The van der Waals surface area contributed by atoms with Crippen molar-refractivity contribution in [2.45, 2.75) is 25.8 Å². The predicted octanol–water partition coefficient (Wildman–Crippen LogP) is 3.07. The molecule has 1 aromatic carbocycles. The molecule has 0 unspecified atom stereocenters. The van der Waals surface area contributed by atoms with Crippen LogP contribution in [-0.4, -0.2) is 44.3 Å². The molecule has 1 aliphatic rings. The molecule has 0 bridgehead atoms. The van der Waals surface area contributed by atoms with E-state index in [9.17, 15) is 0 Å². The fourth-order valence-electron chi connectivity index (χ4n) is 3.29. The number of piperidine rings is 1. The van der Waals surface area contributed by atoms with Crippen LogP contribution in [0, 0.1) is 6.92 Å². The molecule has 1 saturated heterocycles. The highest BCUT2D eigenvalue weighted by Crippen LogP contribution is 2.24. The van der Waals surface area contributed by atoms with Crippen molar-refractivity contribution in [2.75, 3.05) is 43.5 Å². The van der Waals surface area contributed by atoms with E-state index >= 15 is 0 Å². The van der Waals surface area contributed by atoms with E-state index in [1.165, 1.54) is 29.8 Å². The summed E-state index contributed by atoms with van der Waals surface area (Å²) in [5.41, 5.74) is 3.62. The van der Waals surface area contributed by atoms with Gasteiger partial charge in [0.25, 0.3) is 0 Å². The van der Waals surface area contributed by atoms with E-state index in [4.69, 9.17) is 4.74 Å². The highest BCUT2D eigenvalue weighted by Gasteiger charge is 2.19. The van der Waals surface area contributed by atoms with E-state index in [2.05, 4.69) is 45.6 Å². The fraction of sp³-hybridized carbons (Fsp3) is 0.450. The first-order valence-electron chi connectivity index (χ1n) is 9.03. The van der Waals surface area contributed by atoms with Crippen molar-refractivity contribution >= 4 is 11.4 Å². The second-order valence-electron chi connectivity index (χ2n) is 6.53. The highest BCUT2D eigenvalue weighted by atomic mass is 16.5. The summed E-state index contributed by atoms with van der Waals surface area (Å²) in [6, 6.07) is 11.0. The maximum Gasteiger partial charge on any atom is 0.120 e. The van der Waals surface area contributed by atoms with Crippen LogP contribution in [0.15, 0.2) is 42.7 Å². The minimum Gasteiger partial charge on any atom is -0.497 e. The number of nitrogens with zero attached hydrogens (tertiary/aromatic N) is 2. The summed E-state index contributed by atoms with van der Waals surface area (Å²) in [4.78, 5) is 6.57. The van der Waals surface area contributed by atoms with Crippen LogP contribution >= 0.6 is 0 Å². The second kappa shape index (κ2) is 8.72. The predicted molar refractivity (Wildman–Crippen MR) is 104 cm³/mol. The van der Waals surface area contributed by atoms with E-state index in [1.54, 1.807) is 7.11 Å². The average Bonchev–Trinajstić information content (AvgIpc) is 2.67. The first-order valence-corrected chi connectivity index (χ1v) is 9.03. The van der Waals surface area contributed by atoms with Crippen molar-refractivity contribution in [2.24, 2.45) is 0 Å². The van der Waals surface area contributed by atoms with Gasteiger partial charge >= 0.3 is 0 Å². The van der Waals surface area contributed by atoms with E-state index in [-0.39, 0.29) is 0 Å². The normalized spacial score (nSPS) is 15.2. The Kier molecular flexibility index (Phi) is 6.12. The van der Waals surface area contributed by atoms with Crippen LogP contribution in [0.2, 0.25) is 0 Å². The molecule has 5 heteroatoms.